The summed E-state index contributed by atoms with van der Waals surface area (Å²) in [5, 5.41) is 0. The second-order valence-corrected chi connectivity index (χ2v) is 3.95. The van der Waals surface area contributed by atoms with Crippen LogP contribution in [0.1, 0.15) is 27.0 Å². The molecule has 0 aliphatic rings. The molecule has 0 fully saturated rings. The molecule has 2 rings (SSSR count). The van der Waals surface area contributed by atoms with E-state index >= 15 is 0 Å². The lowest BCUT2D eigenvalue weighted by Crippen LogP contribution is -1.86. The van der Waals surface area contributed by atoms with Crippen LogP contribution in [0.3, 0.4) is 0 Å². The quantitative estimate of drug-likeness (QED) is 0.569. The number of hydrogen-bond acceptors (Lipinski definition) is 1. The predicted molar refractivity (Wildman–Crippen MR) is 77.3 cm³/mol. The minimum atomic E-state index is 0.668. The van der Waals surface area contributed by atoms with Crippen molar-refractivity contribution in [3.8, 4) is 0 Å². The molecule has 0 spiro atoms. The van der Waals surface area contributed by atoms with E-state index in [4.69, 9.17) is 0 Å². The van der Waals surface area contributed by atoms with Gasteiger partial charge in [-0.05, 0) is 22.8 Å². The lowest BCUT2D eigenvalue weighted by atomic mass is 10.0. The van der Waals surface area contributed by atoms with Gasteiger partial charge in [0.05, 0.1) is 0 Å². The number of carbonyl (C=O) groups is 1. The summed E-state index contributed by atoms with van der Waals surface area (Å²) in [5.41, 5.74) is 3.73. The van der Waals surface area contributed by atoms with Gasteiger partial charge in [0.2, 0.25) is 0 Å². The molecule has 0 heterocycles. The Labute approximate surface area is 107 Å². The van der Waals surface area contributed by atoms with E-state index in [2.05, 4.69) is 6.58 Å². The molecule has 2 aromatic carbocycles. The second-order valence-electron chi connectivity index (χ2n) is 3.95. The molecule has 0 bridgehead atoms. The van der Waals surface area contributed by atoms with E-state index in [0.717, 1.165) is 23.0 Å². The van der Waals surface area contributed by atoms with E-state index in [1.54, 1.807) is 6.08 Å². The van der Waals surface area contributed by atoms with Gasteiger partial charge >= 0.3 is 0 Å². The average molecular weight is 234 g/mol. The summed E-state index contributed by atoms with van der Waals surface area (Å²) in [6.45, 7) is 3.72. The number of aldehydes is 1. The SMILES string of the molecule is C=Cc1cc(/C=C/c2ccccc2)ccc1C=O. The maximum Gasteiger partial charge on any atom is 0.150 e. The molecule has 0 amide bonds. The van der Waals surface area contributed by atoms with Crippen molar-refractivity contribution in [3.63, 3.8) is 0 Å². The van der Waals surface area contributed by atoms with Crippen molar-refractivity contribution in [2.75, 3.05) is 0 Å². The Morgan fingerprint density at radius 2 is 1.56 bits per heavy atom. The van der Waals surface area contributed by atoms with Crippen LogP contribution < -0.4 is 0 Å². The molecular weight excluding hydrogens is 220 g/mol. The van der Waals surface area contributed by atoms with Crippen LogP contribution in [0.25, 0.3) is 18.2 Å². The maximum atomic E-state index is 10.8. The van der Waals surface area contributed by atoms with Crippen molar-refractivity contribution in [2.24, 2.45) is 0 Å². The molecule has 18 heavy (non-hydrogen) atoms. The minimum Gasteiger partial charge on any atom is -0.298 e. The van der Waals surface area contributed by atoms with Gasteiger partial charge in [-0.15, -0.1) is 0 Å². The topological polar surface area (TPSA) is 17.1 Å². The second kappa shape index (κ2) is 5.78. The van der Waals surface area contributed by atoms with Gasteiger partial charge in [0.1, 0.15) is 0 Å². The molecule has 0 aliphatic heterocycles. The number of carbonyl (C=O) groups excluding carboxylic acids is 1. The standard InChI is InChI=1S/C17H14O/c1-2-16-12-15(10-11-17(16)13-18)9-8-14-6-4-3-5-7-14/h2-13H,1H2/b9-8+. The summed E-state index contributed by atoms with van der Waals surface area (Å²) in [5.74, 6) is 0. The van der Waals surface area contributed by atoms with Crippen molar-refractivity contribution in [2.45, 2.75) is 0 Å². The summed E-state index contributed by atoms with van der Waals surface area (Å²) in [6, 6.07) is 15.8. The van der Waals surface area contributed by atoms with E-state index < -0.39 is 0 Å². The van der Waals surface area contributed by atoms with Gasteiger partial charge in [-0.25, -0.2) is 0 Å². The molecule has 0 unspecified atom stereocenters. The van der Waals surface area contributed by atoms with Crippen LogP contribution >= 0.6 is 0 Å². The van der Waals surface area contributed by atoms with Crippen LogP contribution in [0.15, 0.2) is 55.1 Å². The fourth-order valence-electron chi connectivity index (χ4n) is 1.74. The normalized spacial score (nSPS) is 10.4. The van der Waals surface area contributed by atoms with Crippen LogP contribution in [-0.4, -0.2) is 6.29 Å². The highest BCUT2D eigenvalue weighted by Gasteiger charge is 1.98. The van der Waals surface area contributed by atoms with Gasteiger partial charge in [-0.3, -0.25) is 4.79 Å². The number of hydrogen-bond donors (Lipinski definition) is 0. The fraction of sp³-hybridized carbons (Fsp3) is 0. The Morgan fingerprint density at radius 1 is 0.833 bits per heavy atom. The maximum absolute atomic E-state index is 10.8. The Hall–Kier alpha value is -2.41. The smallest absolute Gasteiger partial charge is 0.150 e. The zero-order valence-electron chi connectivity index (χ0n) is 10.0. The molecule has 88 valence electrons. The lowest BCUT2D eigenvalue weighted by molar-refractivity contribution is 0.112. The van der Waals surface area contributed by atoms with Gasteiger partial charge in [-0.2, -0.15) is 0 Å². The average Bonchev–Trinajstić information content (AvgIpc) is 2.45. The summed E-state index contributed by atoms with van der Waals surface area (Å²) in [7, 11) is 0. The molecule has 0 atom stereocenters. The molecular formula is C17H14O. The molecule has 1 heteroatoms. The van der Waals surface area contributed by atoms with E-state index in [1.165, 1.54) is 0 Å². The Morgan fingerprint density at radius 3 is 2.22 bits per heavy atom. The molecule has 0 saturated heterocycles. The first kappa shape index (κ1) is 12.1. The van der Waals surface area contributed by atoms with E-state index in [1.807, 2.05) is 60.7 Å². The number of rotatable bonds is 4. The zero-order valence-corrected chi connectivity index (χ0v) is 10.0. The van der Waals surface area contributed by atoms with Crippen molar-refractivity contribution < 1.29 is 4.79 Å². The molecule has 0 aliphatic carbocycles. The molecule has 0 radical (unpaired) electrons. The lowest BCUT2D eigenvalue weighted by Gasteiger charge is -2.00. The zero-order chi connectivity index (χ0) is 12.8. The predicted octanol–water partition coefficient (Wildman–Crippen LogP) is 4.31. The fourth-order valence-corrected chi connectivity index (χ4v) is 1.74. The van der Waals surface area contributed by atoms with Crippen molar-refractivity contribution in [1.29, 1.82) is 0 Å². The summed E-state index contributed by atoms with van der Waals surface area (Å²) in [4.78, 5) is 10.8. The molecule has 1 nitrogen and oxygen atoms in total. The third-order valence-electron chi connectivity index (χ3n) is 2.73. The molecule has 0 saturated carbocycles. The van der Waals surface area contributed by atoms with Crippen LogP contribution in [0.5, 0.6) is 0 Å². The van der Waals surface area contributed by atoms with Gasteiger partial charge in [0, 0.05) is 5.56 Å². The molecule has 0 aromatic heterocycles. The van der Waals surface area contributed by atoms with Crippen LogP contribution in [0.2, 0.25) is 0 Å². The minimum absolute atomic E-state index is 0.668. The first-order valence-corrected chi connectivity index (χ1v) is 5.78. The van der Waals surface area contributed by atoms with Crippen LogP contribution in [0.4, 0.5) is 0 Å². The largest absolute Gasteiger partial charge is 0.298 e. The Bertz CT molecular complexity index is 580. The third kappa shape index (κ3) is 2.83. The summed E-state index contributed by atoms with van der Waals surface area (Å²) >= 11 is 0. The summed E-state index contributed by atoms with van der Waals surface area (Å²) in [6.07, 6.45) is 6.62. The Balaban J connectivity index is 2.27. The first-order chi connectivity index (χ1) is 8.83. The van der Waals surface area contributed by atoms with Crippen molar-refractivity contribution in [1.82, 2.24) is 0 Å². The Kier molecular flexibility index (Phi) is 3.87. The monoisotopic (exact) mass is 234 g/mol. The van der Waals surface area contributed by atoms with Crippen LogP contribution in [-0.2, 0) is 0 Å². The highest BCUT2D eigenvalue weighted by atomic mass is 16.1. The first-order valence-electron chi connectivity index (χ1n) is 5.78. The van der Waals surface area contributed by atoms with E-state index in [9.17, 15) is 4.79 Å². The van der Waals surface area contributed by atoms with E-state index in [0.29, 0.717) is 5.56 Å². The van der Waals surface area contributed by atoms with Gasteiger partial charge in [0.15, 0.2) is 6.29 Å². The van der Waals surface area contributed by atoms with Crippen molar-refractivity contribution in [3.05, 3.63) is 77.4 Å². The molecule has 2 aromatic rings. The highest BCUT2D eigenvalue weighted by molar-refractivity contribution is 5.83. The third-order valence-corrected chi connectivity index (χ3v) is 2.73. The number of benzene rings is 2. The highest BCUT2D eigenvalue weighted by Crippen LogP contribution is 2.14. The van der Waals surface area contributed by atoms with E-state index in [-0.39, 0.29) is 0 Å². The van der Waals surface area contributed by atoms with Gasteiger partial charge in [-0.1, -0.05) is 67.3 Å². The van der Waals surface area contributed by atoms with Crippen LogP contribution in [0, 0.1) is 0 Å². The van der Waals surface area contributed by atoms with Gasteiger partial charge < -0.3 is 0 Å². The summed E-state index contributed by atoms with van der Waals surface area (Å²) < 4.78 is 0. The molecule has 0 N–H and O–H groups in total. The van der Waals surface area contributed by atoms with Crippen molar-refractivity contribution >= 4 is 24.5 Å². The van der Waals surface area contributed by atoms with Gasteiger partial charge in [0.25, 0.3) is 0 Å².